The van der Waals surface area contributed by atoms with Crippen molar-refractivity contribution >= 4 is 39.0 Å². The fourth-order valence-electron chi connectivity index (χ4n) is 8.97. The van der Waals surface area contributed by atoms with Crippen molar-refractivity contribution in [2.75, 3.05) is 4.90 Å². The van der Waals surface area contributed by atoms with Gasteiger partial charge in [-0.3, -0.25) is 0 Å². The molecule has 1 heterocycles. The maximum Gasteiger partial charge on any atom is 0.136 e. The van der Waals surface area contributed by atoms with Crippen molar-refractivity contribution in [2.24, 2.45) is 0 Å². The summed E-state index contributed by atoms with van der Waals surface area (Å²) >= 11 is 0. The van der Waals surface area contributed by atoms with Gasteiger partial charge in [-0.1, -0.05) is 131 Å². The van der Waals surface area contributed by atoms with Gasteiger partial charge in [-0.25, -0.2) is 0 Å². The van der Waals surface area contributed by atoms with Crippen molar-refractivity contribution in [3.05, 3.63) is 174 Å². The minimum Gasteiger partial charge on any atom is -0.456 e. The van der Waals surface area contributed by atoms with Crippen molar-refractivity contribution in [1.29, 1.82) is 0 Å². The molecule has 0 fully saturated rings. The van der Waals surface area contributed by atoms with Crippen LogP contribution < -0.4 is 4.90 Å². The molecule has 0 unspecified atom stereocenters. The highest BCUT2D eigenvalue weighted by Gasteiger charge is 2.37. The summed E-state index contributed by atoms with van der Waals surface area (Å²) in [4.78, 5) is 2.44. The van der Waals surface area contributed by atoms with Crippen LogP contribution in [0.5, 0.6) is 0 Å². The average molecular weight is 644 g/mol. The summed E-state index contributed by atoms with van der Waals surface area (Å²) in [5.74, 6) is 0. The van der Waals surface area contributed by atoms with Gasteiger partial charge >= 0.3 is 0 Å². The van der Waals surface area contributed by atoms with Gasteiger partial charge in [0.05, 0.1) is 0 Å². The summed E-state index contributed by atoms with van der Waals surface area (Å²) in [6.45, 7) is 9.38. The molecule has 0 aliphatic heterocycles. The molecular formula is C48H37NO. The van der Waals surface area contributed by atoms with Gasteiger partial charge in [0, 0.05) is 38.7 Å². The van der Waals surface area contributed by atoms with Crippen LogP contribution in [-0.2, 0) is 10.8 Å². The van der Waals surface area contributed by atoms with Crippen LogP contribution in [0, 0.1) is 0 Å². The Bertz CT molecular complexity index is 2560. The van der Waals surface area contributed by atoms with E-state index < -0.39 is 0 Å². The van der Waals surface area contributed by atoms with Gasteiger partial charge in [0.15, 0.2) is 0 Å². The molecule has 0 N–H and O–H groups in total. The van der Waals surface area contributed by atoms with Crippen LogP contribution in [0.1, 0.15) is 49.9 Å². The van der Waals surface area contributed by atoms with Crippen molar-refractivity contribution in [1.82, 2.24) is 0 Å². The van der Waals surface area contributed by atoms with E-state index in [2.05, 4.69) is 178 Å². The third-order valence-electron chi connectivity index (χ3n) is 11.5. The second-order valence-corrected chi connectivity index (χ2v) is 15.0. The van der Waals surface area contributed by atoms with Crippen LogP contribution >= 0.6 is 0 Å². The molecule has 0 spiro atoms. The molecular weight excluding hydrogens is 607 g/mol. The van der Waals surface area contributed by atoms with Crippen LogP contribution in [0.4, 0.5) is 17.1 Å². The first-order valence-electron chi connectivity index (χ1n) is 17.6. The predicted molar refractivity (Wildman–Crippen MR) is 209 cm³/mol. The molecule has 1 aromatic heterocycles. The molecule has 0 saturated heterocycles. The first kappa shape index (κ1) is 29.1. The fourth-order valence-corrected chi connectivity index (χ4v) is 8.97. The zero-order valence-corrected chi connectivity index (χ0v) is 28.8. The van der Waals surface area contributed by atoms with E-state index in [0.717, 1.165) is 44.6 Å². The molecule has 2 heteroatoms. The SMILES string of the molecule is CC1(C)c2ccccc2-c2cc(N(c3cccc(-c4cccc5oc6ccccc6c45)c3)c3ccc4c(c3)-c3ccccc3C4(C)C)ccc21. The van der Waals surface area contributed by atoms with Gasteiger partial charge in [0.2, 0.25) is 0 Å². The zero-order valence-electron chi connectivity index (χ0n) is 28.8. The Labute approximate surface area is 293 Å². The minimum atomic E-state index is -0.0515. The highest BCUT2D eigenvalue weighted by atomic mass is 16.3. The summed E-state index contributed by atoms with van der Waals surface area (Å²) in [7, 11) is 0. The Kier molecular flexibility index (Phi) is 6.01. The summed E-state index contributed by atoms with van der Waals surface area (Å²) in [6.07, 6.45) is 0. The quantitative estimate of drug-likeness (QED) is 0.190. The highest BCUT2D eigenvalue weighted by Crippen LogP contribution is 2.53. The fraction of sp³-hybridized carbons (Fsp3) is 0.125. The monoisotopic (exact) mass is 643 g/mol. The van der Waals surface area contributed by atoms with E-state index in [9.17, 15) is 0 Å². The molecule has 50 heavy (non-hydrogen) atoms. The molecule has 0 bridgehead atoms. The van der Waals surface area contributed by atoms with E-state index in [-0.39, 0.29) is 10.8 Å². The van der Waals surface area contributed by atoms with Crippen LogP contribution in [-0.4, -0.2) is 0 Å². The molecule has 8 aromatic rings. The molecule has 0 radical (unpaired) electrons. The Morgan fingerprint density at radius 1 is 0.400 bits per heavy atom. The smallest absolute Gasteiger partial charge is 0.136 e. The molecule has 0 amide bonds. The number of anilines is 3. The third-order valence-corrected chi connectivity index (χ3v) is 11.5. The lowest BCUT2D eigenvalue weighted by Gasteiger charge is -2.28. The summed E-state index contributed by atoms with van der Waals surface area (Å²) in [5, 5.41) is 2.29. The van der Waals surface area contributed by atoms with Crippen LogP contribution in [0.3, 0.4) is 0 Å². The number of rotatable bonds is 4. The van der Waals surface area contributed by atoms with Crippen LogP contribution in [0.15, 0.2) is 156 Å². The Hall–Kier alpha value is -5.86. The zero-order chi connectivity index (χ0) is 33.8. The van der Waals surface area contributed by atoms with E-state index in [1.54, 1.807) is 0 Å². The Morgan fingerprint density at radius 3 is 1.56 bits per heavy atom. The molecule has 0 atom stereocenters. The summed E-state index contributed by atoms with van der Waals surface area (Å²) in [6, 6.07) is 55.7. The predicted octanol–water partition coefficient (Wildman–Crippen LogP) is 13.3. The topological polar surface area (TPSA) is 16.4 Å². The number of hydrogen-bond acceptors (Lipinski definition) is 2. The van der Waals surface area contributed by atoms with Gasteiger partial charge in [-0.2, -0.15) is 0 Å². The standard InChI is InChI=1S/C48H37NO/c1-47(2)40-19-8-5-15-35(40)38-28-32(23-25-42(38)47)49(33-24-26-43-39(29-33)36-16-6-9-20-41(36)48(43,3)4)31-14-11-13-30(27-31)34-18-12-22-45-46(34)37-17-7-10-21-44(37)50-45/h5-29H,1-4H3. The lowest BCUT2D eigenvalue weighted by molar-refractivity contribution is 0.660. The molecule has 0 saturated carbocycles. The molecule has 2 nitrogen and oxygen atoms in total. The third kappa shape index (κ3) is 4.02. The Balaban J connectivity index is 1.20. The maximum absolute atomic E-state index is 6.30. The lowest BCUT2D eigenvalue weighted by atomic mass is 9.82. The van der Waals surface area contributed by atoms with Crippen molar-refractivity contribution in [2.45, 2.75) is 38.5 Å². The minimum absolute atomic E-state index is 0.0515. The molecule has 7 aromatic carbocycles. The first-order valence-corrected chi connectivity index (χ1v) is 17.6. The maximum atomic E-state index is 6.30. The summed E-state index contributed by atoms with van der Waals surface area (Å²) in [5.41, 5.74) is 18.2. The number of furan rings is 1. The number of nitrogens with zero attached hydrogens (tertiary/aromatic N) is 1. The number of para-hydroxylation sites is 1. The molecule has 240 valence electrons. The van der Waals surface area contributed by atoms with Gasteiger partial charge in [-0.15, -0.1) is 0 Å². The molecule has 10 rings (SSSR count). The van der Waals surface area contributed by atoms with E-state index >= 15 is 0 Å². The number of benzene rings is 7. The first-order chi connectivity index (χ1) is 24.3. The van der Waals surface area contributed by atoms with E-state index in [0.29, 0.717) is 0 Å². The van der Waals surface area contributed by atoms with Gasteiger partial charge in [0.1, 0.15) is 11.2 Å². The molecule has 2 aliphatic carbocycles. The average Bonchev–Trinajstić information content (AvgIpc) is 3.72. The van der Waals surface area contributed by atoms with Gasteiger partial charge in [-0.05, 0) is 104 Å². The number of hydrogen-bond donors (Lipinski definition) is 0. The van der Waals surface area contributed by atoms with Gasteiger partial charge < -0.3 is 9.32 Å². The largest absolute Gasteiger partial charge is 0.456 e. The normalized spacial score (nSPS) is 14.7. The highest BCUT2D eigenvalue weighted by molar-refractivity contribution is 6.12. The van der Waals surface area contributed by atoms with Crippen molar-refractivity contribution in [3.8, 4) is 33.4 Å². The lowest BCUT2D eigenvalue weighted by Crippen LogP contribution is -2.16. The Morgan fingerprint density at radius 2 is 0.900 bits per heavy atom. The van der Waals surface area contributed by atoms with E-state index in [1.165, 1.54) is 50.1 Å². The second-order valence-electron chi connectivity index (χ2n) is 15.0. The number of fused-ring (bicyclic) bond motifs is 9. The van der Waals surface area contributed by atoms with Crippen molar-refractivity contribution < 1.29 is 4.42 Å². The van der Waals surface area contributed by atoms with Gasteiger partial charge in [0.25, 0.3) is 0 Å². The van der Waals surface area contributed by atoms with Crippen LogP contribution in [0.25, 0.3) is 55.3 Å². The summed E-state index contributed by atoms with van der Waals surface area (Å²) < 4.78 is 6.30. The molecule has 2 aliphatic rings. The van der Waals surface area contributed by atoms with E-state index in [1.807, 2.05) is 6.07 Å². The second kappa shape index (κ2) is 10.3. The van der Waals surface area contributed by atoms with Crippen LogP contribution in [0.2, 0.25) is 0 Å². The van der Waals surface area contributed by atoms with E-state index in [4.69, 9.17) is 4.42 Å². The van der Waals surface area contributed by atoms with Crippen molar-refractivity contribution in [3.63, 3.8) is 0 Å².